The molecule has 0 spiro atoms. The Labute approximate surface area is 210 Å². The van der Waals surface area contributed by atoms with Crippen molar-refractivity contribution in [3.63, 3.8) is 0 Å². The van der Waals surface area contributed by atoms with Gasteiger partial charge in [-0.1, -0.05) is 16.5 Å². The number of hydrogen-bond acceptors (Lipinski definition) is 10. The third-order valence-electron chi connectivity index (χ3n) is 5.54. The molecule has 5 rings (SSSR count). The van der Waals surface area contributed by atoms with E-state index in [0.717, 1.165) is 21.6 Å². The molecule has 35 heavy (non-hydrogen) atoms. The van der Waals surface area contributed by atoms with Gasteiger partial charge in [-0.3, -0.25) is 14.5 Å². The van der Waals surface area contributed by atoms with E-state index in [4.69, 9.17) is 10.6 Å². The molecule has 4 N–H and O–H groups in total. The number of pyridine rings is 1. The van der Waals surface area contributed by atoms with Crippen molar-refractivity contribution < 1.29 is 28.9 Å². The number of nitrogen functional groups attached to an aromatic ring is 1. The number of carbonyl (C=O) groups excluding carboxylic acids is 2. The van der Waals surface area contributed by atoms with E-state index in [0.29, 0.717) is 17.9 Å². The van der Waals surface area contributed by atoms with E-state index in [1.54, 1.807) is 16.7 Å². The maximum absolute atomic E-state index is 13.0. The van der Waals surface area contributed by atoms with Gasteiger partial charge in [-0.15, -0.1) is 23.1 Å². The number of anilines is 1. The highest BCUT2D eigenvalue weighted by Crippen LogP contribution is 2.40. The number of oxime groups is 1. The third kappa shape index (κ3) is 4.13. The van der Waals surface area contributed by atoms with Gasteiger partial charge in [-0.2, -0.15) is 4.57 Å². The number of thiophene rings is 1. The van der Waals surface area contributed by atoms with E-state index in [9.17, 15) is 19.5 Å². The number of nitrogens with zero attached hydrogens (tertiary/aromatic N) is 4. The molecular weight excluding hydrogens is 512 g/mol. The first kappa shape index (κ1) is 23.3. The SMILES string of the molecule is CON=C(C(=O)NC1C(=O)N2C(C(=O)O)=C(C[n+]3cccc4ccsc43)CS[C@H]12)c1csc(N)n1. The van der Waals surface area contributed by atoms with E-state index in [2.05, 4.69) is 15.5 Å². The molecule has 0 radical (unpaired) electrons. The van der Waals surface area contributed by atoms with Gasteiger partial charge < -0.3 is 21.0 Å². The number of thiazole rings is 1. The Hall–Kier alpha value is -3.49. The van der Waals surface area contributed by atoms with Gasteiger partial charge in [-0.25, -0.2) is 9.78 Å². The first-order valence-electron chi connectivity index (χ1n) is 10.3. The van der Waals surface area contributed by atoms with Gasteiger partial charge in [0.1, 0.15) is 29.9 Å². The Morgan fingerprint density at radius 1 is 1.40 bits per heavy atom. The molecule has 180 valence electrons. The summed E-state index contributed by atoms with van der Waals surface area (Å²) < 4.78 is 1.98. The number of rotatable bonds is 7. The molecule has 5 heterocycles. The number of amides is 2. The van der Waals surface area contributed by atoms with Crippen LogP contribution in [0.25, 0.3) is 10.2 Å². The molecule has 1 saturated heterocycles. The monoisotopic (exact) mass is 531 g/mol. The average molecular weight is 532 g/mol. The molecule has 2 amide bonds. The zero-order valence-electron chi connectivity index (χ0n) is 18.2. The van der Waals surface area contributed by atoms with Crippen LogP contribution in [0.5, 0.6) is 0 Å². The lowest BCUT2D eigenvalue weighted by Crippen LogP contribution is -2.71. The van der Waals surface area contributed by atoms with Crippen molar-refractivity contribution in [3.8, 4) is 0 Å². The quantitative estimate of drug-likeness (QED) is 0.177. The van der Waals surface area contributed by atoms with Crippen molar-refractivity contribution in [2.75, 3.05) is 18.6 Å². The number of aromatic nitrogens is 2. The minimum Gasteiger partial charge on any atom is -0.477 e. The van der Waals surface area contributed by atoms with Gasteiger partial charge in [0.05, 0.1) is 5.39 Å². The predicted octanol–water partition coefficient (Wildman–Crippen LogP) is 1.02. The minimum absolute atomic E-state index is 0.0386. The standard InChI is InChI=1S/C21H18N6O5S3/c1-32-25-13(12-9-35-21(22)23-12)16(28)24-14-17(29)27-15(20(30)31)11(8-34-19(14)27)7-26-5-2-3-10-4-6-33-18(10)26/h2-6,9,14,19H,7-8H2,1H3,(H3-,22,23,24,28,30,31)/p+1/t14?,19-/m1/s1. The Kier molecular flexibility index (Phi) is 6.17. The van der Waals surface area contributed by atoms with Crippen molar-refractivity contribution in [2.24, 2.45) is 5.16 Å². The van der Waals surface area contributed by atoms with Gasteiger partial charge in [-0.05, 0) is 17.5 Å². The molecule has 1 fully saturated rings. The number of carboxylic acid groups (broad SMARTS) is 1. The van der Waals surface area contributed by atoms with E-state index in [1.165, 1.54) is 23.8 Å². The maximum Gasteiger partial charge on any atom is 0.352 e. The van der Waals surface area contributed by atoms with Crippen LogP contribution in [0.4, 0.5) is 5.13 Å². The molecule has 3 aromatic rings. The predicted molar refractivity (Wildman–Crippen MR) is 132 cm³/mol. The number of aliphatic carboxylic acids is 1. The summed E-state index contributed by atoms with van der Waals surface area (Å²) in [5, 5.41) is 20.6. The van der Waals surface area contributed by atoms with E-state index < -0.39 is 29.2 Å². The lowest BCUT2D eigenvalue weighted by atomic mass is 10.0. The molecule has 3 aromatic heterocycles. The van der Waals surface area contributed by atoms with Crippen molar-refractivity contribution in [2.45, 2.75) is 18.0 Å². The lowest BCUT2D eigenvalue weighted by Gasteiger charge is -2.49. The van der Waals surface area contributed by atoms with Crippen LogP contribution in [0.2, 0.25) is 0 Å². The highest BCUT2D eigenvalue weighted by atomic mass is 32.2. The maximum atomic E-state index is 13.0. The second-order valence-electron chi connectivity index (χ2n) is 7.63. The highest BCUT2D eigenvalue weighted by Gasteiger charge is 2.54. The summed E-state index contributed by atoms with van der Waals surface area (Å²) in [4.78, 5) is 49.2. The minimum atomic E-state index is -1.18. The largest absolute Gasteiger partial charge is 0.477 e. The molecule has 0 aliphatic carbocycles. The van der Waals surface area contributed by atoms with Gasteiger partial charge >= 0.3 is 5.97 Å². The van der Waals surface area contributed by atoms with Gasteiger partial charge in [0.15, 0.2) is 23.6 Å². The number of nitrogens with two attached hydrogens (primary N) is 1. The second kappa shape index (κ2) is 9.28. The average Bonchev–Trinajstić information content (AvgIpc) is 3.49. The smallest absolute Gasteiger partial charge is 0.352 e. The van der Waals surface area contributed by atoms with Crippen LogP contribution in [-0.4, -0.2) is 62.8 Å². The number of fused-ring (bicyclic) bond motifs is 2. The van der Waals surface area contributed by atoms with Crippen molar-refractivity contribution in [1.82, 2.24) is 15.2 Å². The normalized spacial score (nSPS) is 20.0. The lowest BCUT2D eigenvalue weighted by molar-refractivity contribution is -0.661. The molecule has 2 atom stereocenters. The Bertz CT molecular complexity index is 1410. The van der Waals surface area contributed by atoms with E-state index in [1.807, 2.05) is 34.3 Å². The summed E-state index contributed by atoms with van der Waals surface area (Å²) in [5.41, 5.74) is 6.34. The number of β-lactam (4-membered cyclic amide) rings is 1. The van der Waals surface area contributed by atoms with Crippen LogP contribution in [0.1, 0.15) is 5.69 Å². The van der Waals surface area contributed by atoms with Crippen molar-refractivity contribution in [3.05, 3.63) is 52.1 Å². The fraction of sp³-hybridized carbons (Fsp3) is 0.238. The number of hydrogen-bond donors (Lipinski definition) is 3. The molecule has 0 saturated carbocycles. The van der Waals surface area contributed by atoms with E-state index >= 15 is 0 Å². The molecule has 11 nitrogen and oxygen atoms in total. The summed E-state index contributed by atoms with van der Waals surface area (Å²) in [5.74, 6) is -1.94. The number of carboxylic acids is 1. The molecular formula is C21H19N6O5S3+. The van der Waals surface area contributed by atoms with Crippen LogP contribution in [0.15, 0.2) is 51.6 Å². The fourth-order valence-electron chi connectivity index (χ4n) is 4.03. The summed E-state index contributed by atoms with van der Waals surface area (Å²) in [7, 11) is 1.29. The summed E-state index contributed by atoms with van der Waals surface area (Å²) in [6, 6.07) is 5.00. The van der Waals surface area contributed by atoms with Crippen molar-refractivity contribution in [1.29, 1.82) is 0 Å². The summed E-state index contributed by atoms with van der Waals surface area (Å²) >= 11 is 4.11. The molecule has 0 aromatic carbocycles. The van der Waals surface area contributed by atoms with Gasteiger partial charge in [0, 0.05) is 22.8 Å². The van der Waals surface area contributed by atoms with Crippen LogP contribution >= 0.6 is 34.4 Å². The van der Waals surface area contributed by atoms with E-state index in [-0.39, 0.29) is 22.2 Å². The van der Waals surface area contributed by atoms with Gasteiger partial charge in [0.25, 0.3) is 16.6 Å². The zero-order chi connectivity index (χ0) is 24.7. The fourth-order valence-corrected chi connectivity index (χ4v) is 6.79. The number of nitrogens with one attached hydrogen (secondary N) is 1. The Morgan fingerprint density at radius 3 is 2.94 bits per heavy atom. The third-order valence-corrected chi connectivity index (χ3v) is 8.52. The summed E-state index contributed by atoms with van der Waals surface area (Å²) in [6.07, 6.45) is 1.89. The number of thioether (sulfide) groups is 1. The highest BCUT2D eigenvalue weighted by molar-refractivity contribution is 8.00. The Morgan fingerprint density at radius 2 is 2.23 bits per heavy atom. The van der Waals surface area contributed by atoms with Crippen LogP contribution in [-0.2, 0) is 25.8 Å². The zero-order valence-corrected chi connectivity index (χ0v) is 20.7. The molecule has 2 aliphatic heterocycles. The molecule has 14 heteroatoms. The van der Waals surface area contributed by atoms with Crippen LogP contribution < -0.4 is 15.6 Å². The van der Waals surface area contributed by atoms with Crippen LogP contribution in [0, 0.1) is 0 Å². The Balaban J connectivity index is 1.38. The van der Waals surface area contributed by atoms with Crippen molar-refractivity contribution >= 4 is 73.3 Å². The first-order chi connectivity index (χ1) is 16.9. The topological polar surface area (TPSA) is 151 Å². The molecule has 0 bridgehead atoms. The molecule has 2 aliphatic rings. The van der Waals surface area contributed by atoms with Gasteiger partial charge in [0.2, 0.25) is 0 Å². The molecule has 1 unspecified atom stereocenters. The second-order valence-corrected chi connectivity index (χ2v) is 10.5. The summed E-state index contributed by atoms with van der Waals surface area (Å²) in [6.45, 7) is 0.343. The first-order valence-corrected chi connectivity index (χ1v) is 13.1. The van der Waals surface area contributed by atoms with Crippen LogP contribution in [0.3, 0.4) is 0 Å². The number of carbonyl (C=O) groups is 3.